The van der Waals surface area contributed by atoms with Gasteiger partial charge in [-0.3, -0.25) is 10.1 Å². The SMILES string of the molecule is COC1CC(NCc2ccccc2)(C(=O)O)C1. The van der Waals surface area contributed by atoms with Crippen LogP contribution >= 0.6 is 0 Å². The summed E-state index contributed by atoms with van der Waals surface area (Å²) in [6, 6.07) is 9.80. The Morgan fingerprint density at radius 1 is 1.47 bits per heavy atom. The number of hydrogen-bond donors (Lipinski definition) is 2. The van der Waals surface area contributed by atoms with E-state index in [9.17, 15) is 9.90 Å². The molecule has 2 N–H and O–H groups in total. The third-order valence-electron chi connectivity index (χ3n) is 3.37. The summed E-state index contributed by atoms with van der Waals surface area (Å²) < 4.78 is 5.14. The summed E-state index contributed by atoms with van der Waals surface area (Å²) in [4.78, 5) is 11.3. The zero-order valence-electron chi connectivity index (χ0n) is 9.85. The first-order chi connectivity index (χ1) is 8.16. The van der Waals surface area contributed by atoms with E-state index in [1.165, 1.54) is 0 Å². The van der Waals surface area contributed by atoms with Crippen molar-refractivity contribution in [2.75, 3.05) is 7.11 Å². The maximum Gasteiger partial charge on any atom is 0.324 e. The minimum atomic E-state index is -0.809. The lowest BCUT2D eigenvalue weighted by Crippen LogP contribution is -2.62. The maximum absolute atomic E-state index is 11.3. The van der Waals surface area contributed by atoms with Gasteiger partial charge in [0.25, 0.3) is 0 Å². The molecule has 0 heterocycles. The standard InChI is InChI=1S/C13H17NO3/c1-17-11-7-13(8-11,12(15)16)14-9-10-5-3-2-4-6-10/h2-6,11,14H,7-9H2,1H3,(H,15,16). The van der Waals surface area contributed by atoms with Crippen LogP contribution in [0.25, 0.3) is 0 Å². The van der Waals surface area contributed by atoms with Crippen LogP contribution in [0.3, 0.4) is 0 Å². The number of ether oxygens (including phenoxy) is 1. The Bertz CT molecular complexity index is 385. The highest BCUT2D eigenvalue weighted by molar-refractivity contribution is 5.80. The number of nitrogens with one attached hydrogen (secondary N) is 1. The first-order valence-corrected chi connectivity index (χ1v) is 5.71. The molecule has 4 nitrogen and oxygen atoms in total. The quantitative estimate of drug-likeness (QED) is 0.810. The summed E-state index contributed by atoms with van der Waals surface area (Å²) in [7, 11) is 1.62. The molecule has 1 aromatic rings. The molecule has 0 bridgehead atoms. The van der Waals surface area contributed by atoms with Crippen molar-refractivity contribution in [1.82, 2.24) is 5.32 Å². The molecular formula is C13H17NO3. The Hall–Kier alpha value is -1.39. The summed E-state index contributed by atoms with van der Waals surface area (Å²) in [5, 5.41) is 12.4. The molecule has 1 aliphatic carbocycles. The van der Waals surface area contributed by atoms with Crippen LogP contribution in [0.15, 0.2) is 30.3 Å². The van der Waals surface area contributed by atoms with Crippen molar-refractivity contribution in [2.24, 2.45) is 0 Å². The van der Waals surface area contributed by atoms with Crippen molar-refractivity contribution in [3.8, 4) is 0 Å². The number of hydrogen-bond acceptors (Lipinski definition) is 3. The number of carbonyl (C=O) groups is 1. The summed E-state index contributed by atoms with van der Waals surface area (Å²) in [6.45, 7) is 0.573. The Kier molecular flexibility index (Phi) is 3.45. The molecule has 0 unspecified atom stereocenters. The van der Waals surface area contributed by atoms with Crippen LogP contribution in [0.2, 0.25) is 0 Å². The molecule has 0 radical (unpaired) electrons. The van der Waals surface area contributed by atoms with Crippen LogP contribution < -0.4 is 5.32 Å². The minimum Gasteiger partial charge on any atom is -0.480 e. The van der Waals surface area contributed by atoms with Crippen LogP contribution in [-0.4, -0.2) is 29.8 Å². The van der Waals surface area contributed by atoms with Crippen LogP contribution in [0.1, 0.15) is 18.4 Å². The van der Waals surface area contributed by atoms with Crippen molar-refractivity contribution in [2.45, 2.75) is 31.0 Å². The van der Waals surface area contributed by atoms with Gasteiger partial charge in [0.2, 0.25) is 0 Å². The highest BCUT2D eigenvalue weighted by Crippen LogP contribution is 2.34. The molecule has 1 saturated carbocycles. The van der Waals surface area contributed by atoms with Gasteiger partial charge in [0.05, 0.1) is 6.10 Å². The molecule has 0 atom stereocenters. The summed E-state index contributed by atoms with van der Waals surface area (Å²) in [6.07, 6.45) is 1.13. The van der Waals surface area contributed by atoms with Gasteiger partial charge in [-0.15, -0.1) is 0 Å². The number of carboxylic acids is 1. The molecule has 0 saturated heterocycles. The molecule has 92 valence electrons. The number of aliphatic carboxylic acids is 1. The molecule has 1 fully saturated rings. The zero-order chi connectivity index (χ0) is 12.3. The smallest absolute Gasteiger partial charge is 0.324 e. The van der Waals surface area contributed by atoms with Crippen LogP contribution in [0.4, 0.5) is 0 Å². The zero-order valence-corrected chi connectivity index (χ0v) is 9.85. The normalized spacial score (nSPS) is 27.5. The van der Waals surface area contributed by atoms with Gasteiger partial charge >= 0.3 is 5.97 Å². The Morgan fingerprint density at radius 2 is 2.12 bits per heavy atom. The molecular weight excluding hydrogens is 218 g/mol. The van der Waals surface area contributed by atoms with Gasteiger partial charge in [0, 0.05) is 26.5 Å². The van der Waals surface area contributed by atoms with E-state index < -0.39 is 11.5 Å². The number of benzene rings is 1. The minimum absolute atomic E-state index is 0.0642. The molecule has 0 amide bonds. The first kappa shape index (κ1) is 12.1. The average Bonchev–Trinajstić information content (AvgIpc) is 2.29. The van der Waals surface area contributed by atoms with E-state index in [0.717, 1.165) is 5.56 Å². The van der Waals surface area contributed by atoms with E-state index in [4.69, 9.17) is 4.74 Å². The van der Waals surface area contributed by atoms with Gasteiger partial charge in [-0.1, -0.05) is 30.3 Å². The largest absolute Gasteiger partial charge is 0.480 e. The topological polar surface area (TPSA) is 58.6 Å². The molecule has 0 spiro atoms. The van der Waals surface area contributed by atoms with Crippen LogP contribution in [0, 0.1) is 0 Å². The second kappa shape index (κ2) is 4.85. The number of methoxy groups -OCH3 is 1. The van der Waals surface area contributed by atoms with Crippen LogP contribution in [-0.2, 0) is 16.1 Å². The van der Waals surface area contributed by atoms with Crippen molar-refractivity contribution in [3.05, 3.63) is 35.9 Å². The van der Waals surface area contributed by atoms with E-state index in [-0.39, 0.29) is 6.10 Å². The fraction of sp³-hybridized carbons (Fsp3) is 0.462. The summed E-state index contributed by atoms with van der Waals surface area (Å²) in [5.41, 5.74) is 0.283. The predicted octanol–water partition coefficient (Wildman–Crippen LogP) is 1.41. The second-order valence-corrected chi connectivity index (χ2v) is 4.49. The maximum atomic E-state index is 11.3. The van der Waals surface area contributed by atoms with Gasteiger partial charge in [-0.05, 0) is 5.56 Å². The number of carboxylic acid groups (broad SMARTS) is 1. The van der Waals surface area contributed by atoms with Crippen molar-refractivity contribution in [3.63, 3.8) is 0 Å². The Labute approximate surface area is 101 Å². The number of rotatable bonds is 5. The van der Waals surface area contributed by atoms with E-state index in [1.54, 1.807) is 7.11 Å². The van der Waals surface area contributed by atoms with Gasteiger partial charge in [-0.25, -0.2) is 0 Å². The van der Waals surface area contributed by atoms with E-state index in [2.05, 4.69) is 5.32 Å². The monoisotopic (exact) mass is 235 g/mol. The molecule has 0 aromatic heterocycles. The second-order valence-electron chi connectivity index (χ2n) is 4.49. The Morgan fingerprint density at radius 3 is 2.65 bits per heavy atom. The highest BCUT2D eigenvalue weighted by Gasteiger charge is 2.50. The first-order valence-electron chi connectivity index (χ1n) is 5.71. The predicted molar refractivity (Wildman–Crippen MR) is 63.7 cm³/mol. The lowest BCUT2D eigenvalue weighted by molar-refractivity contribution is -0.156. The fourth-order valence-electron chi connectivity index (χ4n) is 2.15. The lowest BCUT2D eigenvalue weighted by atomic mass is 9.74. The van der Waals surface area contributed by atoms with E-state index in [0.29, 0.717) is 19.4 Å². The van der Waals surface area contributed by atoms with Gasteiger partial charge < -0.3 is 9.84 Å². The molecule has 1 aromatic carbocycles. The summed E-state index contributed by atoms with van der Waals surface area (Å²) in [5.74, 6) is -0.790. The van der Waals surface area contributed by atoms with E-state index >= 15 is 0 Å². The summed E-state index contributed by atoms with van der Waals surface area (Å²) >= 11 is 0. The highest BCUT2D eigenvalue weighted by atomic mass is 16.5. The van der Waals surface area contributed by atoms with Crippen molar-refractivity contribution in [1.29, 1.82) is 0 Å². The lowest BCUT2D eigenvalue weighted by Gasteiger charge is -2.44. The van der Waals surface area contributed by atoms with E-state index in [1.807, 2.05) is 30.3 Å². The van der Waals surface area contributed by atoms with Gasteiger partial charge in [-0.2, -0.15) is 0 Å². The molecule has 17 heavy (non-hydrogen) atoms. The van der Waals surface area contributed by atoms with Gasteiger partial charge in [0.1, 0.15) is 5.54 Å². The molecule has 4 heteroatoms. The molecule has 2 rings (SSSR count). The Balaban J connectivity index is 1.94. The van der Waals surface area contributed by atoms with Crippen molar-refractivity contribution < 1.29 is 14.6 Å². The van der Waals surface area contributed by atoms with Crippen molar-refractivity contribution >= 4 is 5.97 Å². The van der Waals surface area contributed by atoms with Crippen LogP contribution in [0.5, 0.6) is 0 Å². The third-order valence-corrected chi connectivity index (χ3v) is 3.37. The third kappa shape index (κ3) is 2.48. The average molecular weight is 235 g/mol. The molecule has 0 aliphatic heterocycles. The molecule has 1 aliphatic rings. The fourth-order valence-corrected chi connectivity index (χ4v) is 2.15. The van der Waals surface area contributed by atoms with Gasteiger partial charge in [0.15, 0.2) is 0 Å².